The van der Waals surface area contributed by atoms with Crippen LogP contribution < -0.4 is 5.32 Å². The molecule has 9 nitrogen and oxygen atoms in total. The fourth-order valence-electron chi connectivity index (χ4n) is 3.53. The third-order valence-electron chi connectivity index (χ3n) is 5.41. The second-order valence-corrected chi connectivity index (χ2v) is 10.2. The van der Waals surface area contributed by atoms with Crippen LogP contribution in [0.1, 0.15) is 20.9 Å². The van der Waals surface area contributed by atoms with Crippen molar-refractivity contribution in [3.63, 3.8) is 0 Å². The topological polar surface area (TPSA) is 111 Å². The van der Waals surface area contributed by atoms with Crippen LogP contribution in [0, 0.1) is 0 Å². The van der Waals surface area contributed by atoms with Crippen LogP contribution in [0.15, 0.2) is 84.1 Å². The number of thiazole rings is 2. The Kier molecular flexibility index (Phi) is 9.94. The smallest absolute Gasteiger partial charge is 0.410 e. The third kappa shape index (κ3) is 8.49. The SMILES string of the molecule is O=C(NCc1cncs1)OC(Cc1ccccc1)C(=O)CN(Cc1ccccc1)C(=O)OCc1cncs1. The van der Waals surface area contributed by atoms with Crippen molar-refractivity contribution < 1.29 is 23.9 Å². The Hall–Kier alpha value is -4.09. The van der Waals surface area contributed by atoms with Crippen LogP contribution in [0.2, 0.25) is 0 Å². The summed E-state index contributed by atoms with van der Waals surface area (Å²) >= 11 is 2.77. The zero-order valence-corrected chi connectivity index (χ0v) is 22.0. The van der Waals surface area contributed by atoms with Gasteiger partial charge in [0.25, 0.3) is 0 Å². The number of hydrogen-bond acceptors (Lipinski definition) is 9. The van der Waals surface area contributed by atoms with Crippen molar-refractivity contribution in [2.75, 3.05) is 6.54 Å². The summed E-state index contributed by atoms with van der Waals surface area (Å²) in [5.74, 6) is -0.424. The summed E-state index contributed by atoms with van der Waals surface area (Å²) < 4.78 is 11.0. The van der Waals surface area contributed by atoms with Gasteiger partial charge in [-0.3, -0.25) is 19.7 Å². The number of aromatic nitrogens is 2. The Morgan fingerprint density at radius 1 is 0.868 bits per heavy atom. The number of hydrogen-bond donors (Lipinski definition) is 1. The summed E-state index contributed by atoms with van der Waals surface area (Å²) in [6.45, 7) is 0.145. The minimum absolute atomic E-state index is 0.0485. The molecule has 0 fully saturated rings. The first-order valence-corrected chi connectivity index (χ1v) is 13.5. The fraction of sp³-hybridized carbons (Fsp3) is 0.222. The molecule has 0 aliphatic heterocycles. The zero-order valence-electron chi connectivity index (χ0n) is 20.4. The van der Waals surface area contributed by atoms with Crippen molar-refractivity contribution in [3.05, 3.63) is 105 Å². The Morgan fingerprint density at radius 2 is 1.50 bits per heavy atom. The molecular weight excluding hydrogens is 524 g/mol. The number of Topliss-reactive ketones (excluding diaryl/α,β-unsaturated/α-hetero) is 1. The number of carbonyl (C=O) groups is 3. The van der Waals surface area contributed by atoms with Crippen molar-refractivity contribution in [3.8, 4) is 0 Å². The molecule has 196 valence electrons. The van der Waals surface area contributed by atoms with Gasteiger partial charge in [-0.1, -0.05) is 60.7 Å². The highest BCUT2D eigenvalue weighted by molar-refractivity contribution is 7.09. The first-order valence-electron chi connectivity index (χ1n) is 11.8. The number of nitrogens with one attached hydrogen (secondary N) is 1. The van der Waals surface area contributed by atoms with Crippen molar-refractivity contribution in [1.29, 1.82) is 0 Å². The predicted molar refractivity (Wildman–Crippen MR) is 144 cm³/mol. The van der Waals surface area contributed by atoms with Gasteiger partial charge < -0.3 is 14.8 Å². The van der Waals surface area contributed by atoms with Crippen LogP contribution in [0.5, 0.6) is 0 Å². The second kappa shape index (κ2) is 14.0. The summed E-state index contributed by atoms with van der Waals surface area (Å²) in [6, 6.07) is 18.6. The monoisotopic (exact) mass is 550 g/mol. The molecule has 0 saturated carbocycles. The van der Waals surface area contributed by atoms with Gasteiger partial charge in [-0.25, -0.2) is 9.59 Å². The molecule has 4 aromatic rings. The molecule has 0 aliphatic rings. The molecule has 0 radical (unpaired) electrons. The van der Waals surface area contributed by atoms with E-state index in [1.165, 1.54) is 27.6 Å². The minimum atomic E-state index is -1.11. The maximum Gasteiger partial charge on any atom is 0.410 e. The molecule has 1 unspecified atom stereocenters. The summed E-state index contributed by atoms with van der Waals surface area (Å²) in [4.78, 5) is 50.0. The second-order valence-electron chi connectivity index (χ2n) is 8.24. The molecule has 1 atom stereocenters. The van der Waals surface area contributed by atoms with Crippen molar-refractivity contribution in [2.24, 2.45) is 0 Å². The molecule has 11 heteroatoms. The van der Waals surface area contributed by atoms with Crippen LogP contribution in [-0.4, -0.2) is 45.5 Å². The maximum absolute atomic E-state index is 13.5. The summed E-state index contributed by atoms with van der Waals surface area (Å²) in [5.41, 5.74) is 4.97. The Bertz CT molecular complexity index is 1290. The highest BCUT2D eigenvalue weighted by Gasteiger charge is 2.28. The predicted octanol–water partition coefficient (Wildman–Crippen LogP) is 4.85. The van der Waals surface area contributed by atoms with Gasteiger partial charge in [-0.2, -0.15) is 0 Å². The molecule has 0 spiro atoms. The van der Waals surface area contributed by atoms with Crippen LogP contribution in [0.25, 0.3) is 0 Å². The number of nitrogens with zero attached hydrogens (tertiary/aromatic N) is 3. The Labute approximate surface area is 228 Å². The molecule has 1 N–H and O–H groups in total. The molecule has 2 aromatic heterocycles. The first kappa shape index (κ1) is 27.0. The quantitative estimate of drug-likeness (QED) is 0.269. The zero-order chi connectivity index (χ0) is 26.6. The van der Waals surface area contributed by atoms with E-state index < -0.39 is 24.1 Å². The fourth-order valence-corrected chi connectivity index (χ4v) is 4.57. The van der Waals surface area contributed by atoms with E-state index in [2.05, 4.69) is 15.3 Å². The van der Waals surface area contributed by atoms with Gasteiger partial charge in [0.05, 0.1) is 29.0 Å². The normalized spacial score (nSPS) is 11.4. The van der Waals surface area contributed by atoms with Gasteiger partial charge in [0.2, 0.25) is 0 Å². The number of ether oxygens (including phenoxy) is 2. The summed E-state index contributed by atoms with van der Waals surface area (Å²) in [6.07, 6.45) is 0.962. The summed E-state index contributed by atoms with van der Waals surface area (Å²) in [5, 5.41) is 2.66. The highest BCUT2D eigenvalue weighted by atomic mass is 32.1. The van der Waals surface area contributed by atoms with Crippen molar-refractivity contribution in [1.82, 2.24) is 20.2 Å². The number of ketones is 1. The molecule has 2 amide bonds. The average molecular weight is 551 g/mol. The lowest BCUT2D eigenvalue weighted by atomic mass is 10.0. The van der Waals surface area contributed by atoms with Gasteiger partial charge >= 0.3 is 12.2 Å². The molecular formula is C27H26N4O5S2. The number of benzene rings is 2. The van der Waals surface area contributed by atoms with E-state index in [-0.39, 0.29) is 32.7 Å². The molecule has 0 saturated heterocycles. The molecule has 2 aromatic carbocycles. The van der Waals surface area contributed by atoms with E-state index >= 15 is 0 Å². The molecule has 2 heterocycles. The van der Waals surface area contributed by atoms with Crippen LogP contribution in [0.4, 0.5) is 9.59 Å². The van der Waals surface area contributed by atoms with Crippen LogP contribution >= 0.6 is 22.7 Å². The average Bonchev–Trinajstić information content (AvgIpc) is 3.66. The van der Waals surface area contributed by atoms with E-state index in [1.807, 2.05) is 60.7 Å². The standard InChI is InChI=1S/C27H26N4O5S2/c32-24(16-31(15-21-9-5-2-6-10-21)27(34)35-17-23-13-29-19-38-23)25(11-20-7-3-1-4-8-20)36-26(33)30-14-22-12-28-18-37-22/h1-10,12-13,18-19,25H,11,14-17H2,(H,30,33). The highest BCUT2D eigenvalue weighted by Crippen LogP contribution is 2.14. The van der Waals surface area contributed by atoms with Gasteiger partial charge in [0.1, 0.15) is 6.61 Å². The number of carbonyl (C=O) groups excluding carboxylic acids is 3. The molecule has 4 rings (SSSR count). The minimum Gasteiger partial charge on any atom is -0.444 e. The number of alkyl carbamates (subject to hydrolysis) is 1. The molecule has 0 bridgehead atoms. The lowest BCUT2D eigenvalue weighted by Crippen LogP contribution is -2.42. The van der Waals surface area contributed by atoms with E-state index in [0.29, 0.717) is 0 Å². The van der Waals surface area contributed by atoms with Crippen molar-refractivity contribution >= 4 is 40.6 Å². The molecule has 0 aliphatic carbocycles. The van der Waals surface area contributed by atoms with E-state index in [1.54, 1.807) is 23.4 Å². The van der Waals surface area contributed by atoms with Crippen LogP contribution in [-0.2, 0) is 40.4 Å². The van der Waals surface area contributed by atoms with E-state index in [4.69, 9.17) is 9.47 Å². The van der Waals surface area contributed by atoms with Crippen molar-refractivity contribution in [2.45, 2.75) is 32.2 Å². The maximum atomic E-state index is 13.5. The van der Waals surface area contributed by atoms with E-state index in [9.17, 15) is 14.4 Å². The van der Waals surface area contributed by atoms with Gasteiger partial charge in [0.15, 0.2) is 11.9 Å². The van der Waals surface area contributed by atoms with Gasteiger partial charge in [-0.05, 0) is 11.1 Å². The lowest BCUT2D eigenvalue weighted by Gasteiger charge is -2.24. The number of amides is 2. The van der Waals surface area contributed by atoms with Gasteiger partial charge in [-0.15, -0.1) is 22.7 Å². The van der Waals surface area contributed by atoms with Crippen LogP contribution in [0.3, 0.4) is 0 Å². The summed E-state index contributed by atoms with van der Waals surface area (Å²) in [7, 11) is 0. The first-order chi connectivity index (χ1) is 18.6. The largest absolute Gasteiger partial charge is 0.444 e. The molecule has 38 heavy (non-hydrogen) atoms. The number of rotatable bonds is 12. The Balaban J connectivity index is 1.46. The third-order valence-corrected chi connectivity index (χ3v) is 6.94. The van der Waals surface area contributed by atoms with Gasteiger partial charge in [0, 0.05) is 30.2 Å². The van der Waals surface area contributed by atoms with E-state index in [0.717, 1.165) is 20.9 Å². The lowest BCUT2D eigenvalue weighted by molar-refractivity contribution is -0.128. The Morgan fingerprint density at radius 3 is 2.13 bits per heavy atom.